The third-order valence-corrected chi connectivity index (χ3v) is 4.88. The molecule has 34 heavy (non-hydrogen) atoms. The lowest BCUT2D eigenvalue weighted by Gasteiger charge is -2.29. The molecule has 8 heteroatoms. The lowest BCUT2D eigenvalue weighted by atomic mass is 10.0. The molecule has 2 rings (SSSR count). The van der Waals surface area contributed by atoms with Gasteiger partial charge in [0.15, 0.2) is 0 Å². The number of benzene rings is 2. The third-order valence-electron chi connectivity index (χ3n) is 4.88. The summed E-state index contributed by atoms with van der Waals surface area (Å²) in [5, 5.41) is 0. The van der Waals surface area contributed by atoms with Crippen LogP contribution in [0.25, 0.3) is 0 Å². The zero-order chi connectivity index (χ0) is 25.1. The average molecular weight is 468 g/mol. The number of ether oxygens (including phenoxy) is 3. The maximum Gasteiger partial charge on any atom is 0.329 e. The largest absolute Gasteiger partial charge is 0.497 e. The van der Waals surface area contributed by atoms with Crippen LogP contribution in [0.5, 0.6) is 5.75 Å². The molecule has 0 saturated heterocycles. The molecule has 2 aromatic carbocycles. The van der Waals surface area contributed by atoms with E-state index in [1.54, 1.807) is 50.2 Å². The number of hydrogen-bond donors (Lipinski definition) is 0. The summed E-state index contributed by atoms with van der Waals surface area (Å²) in [5.41, 5.74) is 0.694. The van der Waals surface area contributed by atoms with Crippen molar-refractivity contribution in [3.8, 4) is 5.75 Å². The fourth-order valence-electron chi connectivity index (χ4n) is 3.24. The highest BCUT2D eigenvalue weighted by atomic mass is 16.5. The zero-order valence-corrected chi connectivity index (χ0v) is 19.6. The second kappa shape index (κ2) is 12.9. The number of hydrogen-bond acceptors (Lipinski definition) is 7. The van der Waals surface area contributed by atoms with Crippen LogP contribution in [0, 0.1) is 0 Å². The van der Waals surface area contributed by atoms with Crippen LogP contribution in [0.4, 0.5) is 0 Å². The van der Waals surface area contributed by atoms with E-state index >= 15 is 0 Å². The summed E-state index contributed by atoms with van der Waals surface area (Å²) in [6, 6.07) is 13.8. The molecular weight excluding hydrogens is 438 g/mol. The molecule has 0 radical (unpaired) electrons. The molecule has 8 nitrogen and oxygen atoms in total. The summed E-state index contributed by atoms with van der Waals surface area (Å²) >= 11 is 0. The van der Waals surface area contributed by atoms with E-state index in [9.17, 15) is 19.2 Å². The third kappa shape index (κ3) is 7.03. The highest BCUT2D eigenvalue weighted by Gasteiger charge is 2.37. The number of imide groups is 1. The fourth-order valence-corrected chi connectivity index (χ4v) is 3.24. The number of methoxy groups -OCH3 is 1. The van der Waals surface area contributed by atoms with Crippen molar-refractivity contribution in [1.82, 2.24) is 4.90 Å². The molecule has 0 unspecified atom stereocenters. The molecule has 0 bridgehead atoms. The Bertz CT molecular complexity index is 1020. The van der Waals surface area contributed by atoms with Crippen molar-refractivity contribution in [2.45, 2.75) is 32.7 Å². The van der Waals surface area contributed by atoms with E-state index in [2.05, 4.69) is 6.58 Å². The van der Waals surface area contributed by atoms with Crippen molar-refractivity contribution in [2.24, 2.45) is 0 Å². The van der Waals surface area contributed by atoms with Crippen LogP contribution >= 0.6 is 0 Å². The first-order chi connectivity index (χ1) is 16.3. The molecule has 2 amide bonds. The minimum Gasteiger partial charge on any atom is -0.497 e. The highest BCUT2D eigenvalue weighted by molar-refractivity contribution is 6.13. The van der Waals surface area contributed by atoms with Crippen molar-refractivity contribution in [3.05, 3.63) is 77.9 Å². The zero-order valence-electron chi connectivity index (χ0n) is 19.6. The van der Waals surface area contributed by atoms with Crippen LogP contribution in [0.15, 0.2) is 66.7 Å². The Balaban J connectivity index is 2.50. The summed E-state index contributed by atoms with van der Waals surface area (Å²) in [5.74, 6) is -2.47. The van der Waals surface area contributed by atoms with Gasteiger partial charge in [-0.1, -0.05) is 36.9 Å². The maximum atomic E-state index is 13.5. The van der Waals surface area contributed by atoms with Gasteiger partial charge in [0.05, 0.1) is 26.7 Å². The summed E-state index contributed by atoms with van der Waals surface area (Å²) in [4.78, 5) is 52.7. The molecular formula is C26H29NO7. The van der Waals surface area contributed by atoms with Crippen LogP contribution < -0.4 is 4.74 Å². The minimum absolute atomic E-state index is 0.0278. The topological polar surface area (TPSA) is 99.2 Å². The van der Waals surface area contributed by atoms with E-state index in [4.69, 9.17) is 14.2 Å². The van der Waals surface area contributed by atoms with E-state index in [1.807, 2.05) is 6.07 Å². The van der Waals surface area contributed by atoms with Gasteiger partial charge in [-0.3, -0.25) is 19.3 Å². The Labute approximate surface area is 199 Å². The Morgan fingerprint density at radius 1 is 0.912 bits per heavy atom. The summed E-state index contributed by atoms with van der Waals surface area (Å²) in [7, 11) is 1.49. The molecule has 0 saturated carbocycles. The predicted molar refractivity (Wildman–Crippen MR) is 125 cm³/mol. The second-order valence-corrected chi connectivity index (χ2v) is 7.25. The number of rotatable bonds is 11. The summed E-state index contributed by atoms with van der Waals surface area (Å²) in [6.45, 7) is 7.15. The molecule has 0 aliphatic heterocycles. The molecule has 0 N–H and O–H groups in total. The van der Waals surface area contributed by atoms with Crippen LogP contribution in [0.1, 0.15) is 36.2 Å². The molecule has 0 heterocycles. The van der Waals surface area contributed by atoms with E-state index in [0.29, 0.717) is 5.75 Å². The first-order valence-corrected chi connectivity index (χ1v) is 10.9. The molecule has 0 aliphatic carbocycles. The number of carbonyl (C=O) groups is 4. The Morgan fingerprint density at radius 3 is 2.09 bits per heavy atom. The van der Waals surface area contributed by atoms with Crippen molar-refractivity contribution in [1.29, 1.82) is 0 Å². The smallest absolute Gasteiger partial charge is 0.329 e. The quantitative estimate of drug-likeness (QED) is 0.369. The molecule has 2 aromatic rings. The fraction of sp³-hybridized carbons (Fsp3) is 0.308. The molecule has 0 aliphatic rings. The van der Waals surface area contributed by atoms with Gasteiger partial charge in [-0.15, -0.1) is 0 Å². The second-order valence-electron chi connectivity index (χ2n) is 7.25. The van der Waals surface area contributed by atoms with E-state index < -0.39 is 36.2 Å². The van der Waals surface area contributed by atoms with Crippen LogP contribution in [-0.4, -0.2) is 55.0 Å². The molecule has 180 valence electrons. The van der Waals surface area contributed by atoms with Gasteiger partial charge in [0.25, 0.3) is 11.8 Å². The van der Waals surface area contributed by atoms with Crippen LogP contribution in [0.2, 0.25) is 0 Å². The number of esters is 2. The lowest BCUT2D eigenvalue weighted by Crippen LogP contribution is -2.51. The molecule has 0 aromatic heterocycles. The number of amides is 2. The van der Waals surface area contributed by atoms with Gasteiger partial charge in [0, 0.05) is 17.6 Å². The Morgan fingerprint density at radius 2 is 1.53 bits per heavy atom. The molecule has 1 atom stereocenters. The van der Waals surface area contributed by atoms with E-state index in [0.717, 1.165) is 10.5 Å². The van der Waals surface area contributed by atoms with Gasteiger partial charge < -0.3 is 14.2 Å². The van der Waals surface area contributed by atoms with E-state index in [1.165, 1.54) is 19.2 Å². The molecule has 0 spiro atoms. The summed E-state index contributed by atoms with van der Waals surface area (Å²) < 4.78 is 15.2. The van der Waals surface area contributed by atoms with Crippen molar-refractivity contribution in [3.63, 3.8) is 0 Å². The predicted octanol–water partition coefficient (Wildman–Crippen LogP) is 3.35. The normalized spacial score (nSPS) is 11.1. The standard InChI is InChI=1S/C26H29NO7/c1-5-33-23(28)16-18(3)24(29)27(25(30)20-12-14-21(32-4)15-13-20)22(26(31)34-6-2)17-19-10-8-7-9-11-19/h7-15,22H,3,5-6,16-17H2,1-2,4H3/t22-/m0/s1. The van der Waals surface area contributed by atoms with Gasteiger partial charge >= 0.3 is 11.9 Å². The van der Waals surface area contributed by atoms with Gasteiger partial charge in [-0.05, 0) is 43.7 Å². The number of carbonyl (C=O) groups excluding carboxylic acids is 4. The lowest BCUT2D eigenvalue weighted by molar-refractivity contribution is -0.152. The average Bonchev–Trinajstić information content (AvgIpc) is 2.84. The van der Waals surface area contributed by atoms with Gasteiger partial charge in [0.1, 0.15) is 11.8 Å². The monoisotopic (exact) mass is 467 g/mol. The van der Waals surface area contributed by atoms with Gasteiger partial charge in [-0.2, -0.15) is 0 Å². The van der Waals surface area contributed by atoms with Gasteiger partial charge in [-0.25, -0.2) is 4.79 Å². The van der Waals surface area contributed by atoms with Gasteiger partial charge in [0.2, 0.25) is 0 Å². The molecule has 0 fully saturated rings. The highest BCUT2D eigenvalue weighted by Crippen LogP contribution is 2.20. The first-order valence-electron chi connectivity index (χ1n) is 10.9. The van der Waals surface area contributed by atoms with Crippen molar-refractivity contribution >= 4 is 23.8 Å². The van der Waals surface area contributed by atoms with Crippen LogP contribution in [-0.2, 0) is 30.3 Å². The summed E-state index contributed by atoms with van der Waals surface area (Å²) in [6.07, 6.45) is -0.389. The Hall–Kier alpha value is -3.94. The minimum atomic E-state index is -1.27. The van der Waals surface area contributed by atoms with Crippen molar-refractivity contribution < 1.29 is 33.4 Å². The van der Waals surface area contributed by atoms with Crippen molar-refractivity contribution in [2.75, 3.05) is 20.3 Å². The SMILES string of the molecule is C=C(CC(=O)OCC)C(=O)N(C(=O)c1ccc(OC)cc1)[C@@H](Cc1ccccc1)C(=O)OCC. The van der Waals surface area contributed by atoms with Crippen LogP contribution in [0.3, 0.4) is 0 Å². The maximum absolute atomic E-state index is 13.5. The Kier molecular flexibility index (Phi) is 10.0. The first kappa shape index (κ1) is 26.3. The number of nitrogens with zero attached hydrogens (tertiary/aromatic N) is 1. The van der Waals surface area contributed by atoms with E-state index in [-0.39, 0.29) is 30.8 Å².